The van der Waals surface area contributed by atoms with Crippen molar-refractivity contribution in [3.8, 4) is 0 Å². The van der Waals surface area contributed by atoms with Gasteiger partial charge < -0.3 is 4.74 Å². The Morgan fingerprint density at radius 1 is 1.59 bits per heavy atom. The van der Waals surface area contributed by atoms with Gasteiger partial charge in [0.1, 0.15) is 5.82 Å². The summed E-state index contributed by atoms with van der Waals surface area (Å²) in [5.41, 5.74) is 0.895. The molecule has 5 heteroatoms. The van der Waals surface area contributed by atoms with E-state index in [1.54, 1.807) is 17.8 Å². The van der Waals surface area contributed by atoms with Crippen LogP contribution in [0.1, 0.15) is 12.5 Å². The van der Waals surface area contributed by atoms with Gasteiger partial charge in [0.05, 0.1) is 13.0 Å². The largest absolute Gasteiger partial charge is 0.469 e. The number of methoxy groups -OCH3 is 1. The monoisotopic (exact) mass is 320 g/mol. The molecule has 0 aliphatic rings. The molecule has 0 bridgehead atoms. The van der Waals surface area contributed by atoms with Gasteiger partial charge in [-0.1, -0.05) is 22.9 Å². The second kappa shape index (κ2) is 7.01. The Hall–Kier alpha value is -0.550. The molecule has 0 amide bonds. The topological polar surface area (TPSA) is 26.3 Å². The quantitative estimate of drug-likeness (QED) is 0.775. The predicted octanol–water partition coefficient (Wildman–Crippen LogP) is 3.63. The molecule has 1 rings (SSSR count). The molecule has 0 N–H and O–H groups in total. The van der Waals surface area contributed by atoms with Crippen molar-refractivity contribution >= 4 is 33.7 Å². The van der Waals surface area contributed by atoms with Gasteiger partial charge >= 0.3 is 5.97 Å². The minimum atomic E-state index is -0.246. The van der Waals surface area contributed by atoms with E-state index >= 15 is 0 Å². The lowest BCUT2D eigenvalue weighted by molar-refractivity contribution is -0.143. The van der Waals surface area contributed by atoms with Crippen molar-refractivity contribution < 1.29 is 13.9 Å². The second-order valence-corrected chi connectivity index (χ2v) is 5.56. The van der Waals surface area contributed by atoms with E-state index in [0.29, 0.717) is 11.5 Å². The number of thioether (sulfide) groups is 1. The van der Waals surface area contributed by atoms with Crippen LogP contribution in [0.15, 0.2) is 22.7 Å². The molecular formula is C12H14BrFO2S. The van der Waals surface area contributed by atoms with Gasteiger partial charge in [-0.05, 0) is 23.8 Å². The van der Waals surface area contributed by atoms with Crippen LogP contribution in [-0.4, -0.2) is 18.8 Å². The maximum Gasteiger partial charge on any atom is 0.309 e. The fourth-order valence-electron chi connectivity index (χ4n) is 1.27. The third-order valence-corrected chi connectivity index (χ3v) is 4.26. The average Bonchev–Trinajstić information content (AvgIpc) is 2.32. The van der Waals surface area contributed by atoms with Crippen LogP contribution in [-0.2, 0) is 15.3 Å². The first-order valence-corrected chi connectivity index (χ1v) is 7.09. The van der Waals surface area contributed by atoms with Crippen LogP contribution in [0.5, 0.6) is 0 Å². The number of benzene rings is 1. The molecule has 0 spiro atoms. The van der Waals surface area contributed by atoms with Crippen molar-refractivity contribution in [2.45, 2.75) is 12.7 Å². The summed E-state index contributed by atoms with van der Waals surface area (Å²) in [5, 5.41) is 0. The highest BCUT2D eigenvalue weighted by Crippen LogP contribution is 2.23. The highest BCUT2D eigenvalue weighted by molar-refractivity contribution is 9.10. The first-order valence-electron chi connectivity index (χ1n) is 5.14. The number of halogens is 2. The molecule has 0 saturated carbocycles. The van der Waals surface area contributed by atoms with Gasteiger partial charge in [0.15, 0.2) is 0 Å². The molecule has 94 valence electrons. The standard InChI is InChI=1S/C12H14BrFO2S/c1-8(12(15)16-2)6-17-7-9-5-10(14)3-4-11(9)13/h3-5,8H,6-7H2,1-2H3. The van der Waals surface area contributed by atoms with Crippen LogP contribution in [0.4, 0.5) is 4.39 Å². The summed E-state index contributed by atoms with van der Waals surface area (Å²) in [6.45, 7) is 1.82. The molecule has 0 saturated heterocycles. The molecule has 0 aliphatic heterocycles. The summed E-state index contributed by atoms with van der Waals surface area (Å²) >= 11 is 4.95. The van der Waals surface area contributed by atoms with Gasteiger partial charge in [-0.25, -0.2) is 4.39 Å². The first kappa shape index (κ1) is 14.5. The van der Waals surface area contributed by atoms with Gasteiger partial charge in [0.25, 0.3) is 0 Å². The smallest absolute Gasteiger partial charge is 0.309 e. The Labute approximate surface area is 113 Å². The maximum atomic E-state index is 13.0. The summed E-state index contributed by atoms with van der Waals surface area (Å²) in [6, 6.07) is 4.60. The Morgan fingerprint density at radius 2 is 2.29 bits per heavy atom. The molecular weight excluding hydrogens is 307 g/mol. The zero-order valence-corrected chi connectivity index (χ0v) is 12.1. The molecule has 2 nitrogen and oxygen atoms in total. The van der Waals surface area contributed by atoms with E-state index < -0.39 is 0 Å². The Kier molecular flexibility index (Phi) is 5.98. The van der Waals surface area contributed by atoms with E-state index in [1.807, 2.05) is 6.92 Å². The van der Waals surface area contributed by atoms with Crippen molar-refractivity contribution in [1.29, 1.82) is 0 Å². The Balaban J connectivity index is 2.45. The lowest BCUT2D eigenvalue weighted by Crippen LogP contribution is -2.14. The van der Waals surface area contributed by atoms with E-state index in [4.69, 9.17) is 0 Å². The van der Waals surface area contributed by atoms with Crippen molar-refractivity contribution in [1.82, 2.24) is 0 Å². The molecule has 1 aromatic carbocycles. The summed E-state index contributed by atoms with van der Waals surface area (Å²) in [4.78, 5) is 11.2. The number of hydrogen-bond donors (Lipinski definition) is 0. The molecule has 0 aliphatic carbocycles. The number of esters is 1. The third kappa shape index (κ3) is 4.68. The molecule has 0 radical (unpaired) electrons. The number of rotatable bonds is 5. The highest BCUT2D eigenvalue weighted by atomic mass is 79.9. The van der Waals surface area contributed by atoms with E-state index in [9.17, 15) is 9.18 Å². The van der Waals surface area contributed by atoms with Crippen molar-refractivity contribution in [2.75, 3.05) is 12.9 Å². The van der Waals surface area contributed by atoms with Crippen molar-refractivity contribution in [3.63, 3.8) is 0 Å². The van der Waals surface area contributed by atoms with Crippen LogP contribution in [0, 0.1) is 11.7 Å². The summed E-state index contributed by atoms with van der Waals surface area (Å²) in [7, 11) is 1.38. The number of ether oxygens (including phenoxy) is 1. The number of carbonyl (C=O) groups is 1. The fraction of sp³-hybridized carbons (Fsp3) is 0.417. The Bertz CT molecular complexity index is 398. The summed E-state index contributed by atoms with van der Waals surface area (Å²) < 4.78 is 18.5. The van der Waals surface area contributed by atoms with Crippen LogP contribution in [0.3, 0.4) is 0 Å². The van der Waals surface area contributed by atoms with Crippen LogP contribution in [0.25, 0.3) is 0 Å². The minimum absolute atomic E-state index is 0.141. The van der Waals surface area contributed by atoms with Crippen LogP contribution in [0.2, 0.25) is 0 Å². The summed E-state index contributed by atoms with van der Waals surface area (Å²) in [5.74, 6) is 0.730. The van der Waals surface area contributed by atoms with Gasteiger partial charge in [-0.2, -0.15) is 11.8 Å². The molecule has 1 aromatic rings. The number of hydrogen-bond acceptors (Lipinski definition) is 3. The predicted molar refractivity (Wildman–Crippen MR) is 71.4 cm³/mol. The van der Waals surface area contributed by atoms with Crippen LogP contribution >= 0.6 is 27.7 Å². The third-order valence-electron chi connectivity index (χ3n) is 2.24. The normalized spacial score (nSPS) is 12.2. The van der Waals surface area contributed by atoms with E-state index in [-0.39, 0.29) is 17.7 Å². The summed E-state index contributed by atoms with van der Waals surface area (Å²) in [6.07, 6.45) is 0. The lowest BCUT2D eigenvalue weighted by atomic mass is 10.2. The average molecular weight is 321 g/mol. The van der Waals surface area contributed by atoms with Gasteiger partial charge in [-0.3, -0.25) is 4.79 Å². The highest BCUT2D eigenvalue weighted by Gasteiger charge is 2.13. The molecule has 0 aromatic heterocycles. The zero-order valence-electron chi connectivity index (χ0n) is 9.70. The molecule has 1 unspecified atom stereocenters. The second-order valence-electron chi connectivity index (χ2n) is 3.68. The fourth-order valence-corrected chi connectivity index (χ4v) is 2.91. The maximum absolute atomic E-state index is 13.0. The van der Waals surface area contributed by atoms with Crippen molar-refractivity contribution in [3.05, 3.63) is 34.1 Å². The van der Waals surface area contributed by atoms with E-state index in [1.165, 1.54) is 19.2 Å². The van der Waals surface area contributed by atoms with Gasteiger partial charge in [0, 0.05) is 16.0 Å². The molecule has 0 fully saturated rings. The van der Waals surface area contributed by atoms with E-state index in [0.717, 1.165) is 10.0 Å². The minimum Gasteiger partial charge on any atom is -0.469 e. The van der Waals surface area contributed by atoms with Crippen LogP contribution < -0.4 is 0 Å². The molecule has 1 atom stereocenters. The van der Waals surface area contributed by atoms with Crippen molar-refractivity contribution in [2.24, 2.45) is 5.92 Å². The first-order chi connectivity index (χ1) is 8.04. The van der Waals surface area contributed by atoms with Gasteiger partial charge in [-0.15, -0.1) is 0 Å². The zero-order chi connectivity index (χ0) is 12.8. The van der Waals surface area contributed by atoms with E-state index in [2.05, 4.69) is 20.7 Å². The lowest BCUT2D eigenvalue weighted by Gasteiger charge is -2.09. The SMILES string of the molecule is COC(=O)C(C)CSCc1cc(F)ccc1Br. The molecule has 17 heavy (non-hydrogen) atoms. The number of carbonyl (C=O) groups excluding carboxylic acids is 1. The van der Waals surface area contributed by atoms with Gasteiger partial charge in [0.2, 0.25) is 0 Å². The Morgan fingerprint density at radius 3 is 2.94 bits per heavy atom. The molecule has 0 heterocycles.